The summed E-state index contributed by atoms with van der Waals surface area (Å²) in [6.07, 6.45) is 3.86. The van der Waals surface area contributed by atoms with Crippen LogP contribution in [-0.2, 0) is 0 Å². The van der Waals surface area contributed by atoms with E-state index in [1.165, 1.54) is 21.5 Å². The molecule has 1 aromatic heterocycles. The number of hydrogen-bond donors (Lipinski definition) is 0. The number of benzene rings is 1. The molecule has 2 heteroatoms. The normalized spacial score (nSPS) is 16.2. The van der Waals surface area contributed by atoms with Gasteiger partial charge in [0.25, 0.3) is 0 Å². The van der Waals surface area contributed by atoms with Gasteiger partial charge in [0.15, 0.2) is 0 Å². The third-order valence-electron chi connectivity index (χ3n) is 3.75. The third kappa shape index (κ3) is 1.34. The van der Waals surface area contributed by atoms with Gasteiger partial charge in [-0.05, 0) is 33.1 Å². The van der Waals surface area contributed by atoms with Crippen LogP contribution >= 0.6 is 0 Å². The maximum absolute atomic E-state index is 4.25. The lowest BCUT2D eigenvalue weighted by Crippen LogP contribution is -2.57. The molecular weight excluding hydrogens is 222 g/mol. The summed E-state index contributed by atoms with van der Waals surface area (Å²) in [6, 6.07) is 10.8. The number of aromatic nitrogens is 1. The smallest absolute Gasteiger partial charge is 0.113 e. The van der Waals surface area contributed by atoms with Crippen LogP contribution in [0.1, 0.15) is 11.1 Å². The monoisotopic (exact) mass is 237 g/mol. The lowest BCUT2D eigenvalue weighted by atomic mass is 10.0. The van der Waals surface area contributed by atoms with E-state index in [0.29, 0.717) is 0 Å². The van der Waals surface area contributed by atoms with Crippen molar-refractivity contribution in [1.29, 1.82) is 0 Å². The molecule has 0 saturated carbocycles. The van der Waals surface area contributed by atoms with E-state index >= 15 is 0 Å². The molecule has 0 amide bonds. The van der Waals surface area contributed by atoms with Crippen molar-refractivity contribution >= 4 is 24.0 Å². The predicted octanol–water partition coefficient (Wildman–Crippen LogP) is 2.28. The molecule has 0 fully saturated rings. The molecule has 1 aromatic carbocycles. The number of hydrogen-bond acceptors (Lipinski definition) is 1. The first kappa shape index (κ1) is 10.5. The second-order valence-corrected chi connectivity index (χ2v) is 9.40. The summed E-state index contributed by atoms with van der Waals surface area (Å²) in [7, 11) is -1.57. The van der Waals surface area contributed by atoms with Gasteiger partial charge in [-0.25, -0.2) is 0 Å². The topological polar surface area (TPSA) is 12.9 Å². The molecular formula is C15H15NSi. The highest BCUT2D eigenvalue weighted by molar-refractivity contribution is 7.02. The van der Waals surface area contributed by atoms with Crippen molar-refractivity contribution in [3.05, 3.63) is 60.4 Å². The first-order valence-electron chi connectivity index (χ1n) is 5.86. The zero-order chi connectivity index (χ0) is 12.0. The Morgan fingerprint density at radius 1 is 1.00 bits per heavy atom. The van der Waals surface area contributed by atoms with Gasteiger partial charge in [-0.3, -0.25) is 4.98 Å². The first-order chi connectivity index (χ1) is 8.12. The van der Waals surface area contributed by atoms with Gasteiger partial charge in [0.1, 0.15) is 8.07 Å². The summed E-state index contributed by atoms with van der Waals surface area (Å²) in [6.45, 7) is 9.04. The standard InChI is InChI=1S/C15H15NSi/c1-11-12-6-4-5-7-14(12)17(2,3)15-8-9-16-10-13(11)15/h4-10H,1H2,2-3H3. The average molecular weight is 237 g/mol. The Balaban J connectivity index is 2.38. The molecule has 1 aliphatic rings. The quantitative estimate of drug-likeness (QED) is 0.641. The summed E-state index contributed by atoms with van der Waals surface area (Å²) in [5.41, 5.74) is 3.67. The molecule has 0 atom stereocenters. The molecule has 0 aliphatic carbocycles. The van der Waals surface area contributed by atoms with Crippen LogP contribution in [-0.4, -0.2) is 13.1 Å². The van der Waals surface area contributed by atoms with E-state index < -0.39 is 8.07 Å². The van der Waals surface area contributed by atoms with Crippen LogP contribution in [0, 0.1) is 0 Å². The maximum Gasteiger partial charge on any atom is 0.113 e. The van der Waals surface area contributed by atoms with Crippen LogP contribution in [0.25, 0.3) is 5.57 Å². The molecule has 84 valence electrons. The van der Waals surface area contributed by atoms with Gasteiger partial charge in [-0.2, -0.15) is 0 Å². The second-order valence-electron chi connectivity index (χ2n) is 5.07. The highest BCUT2D eigenvalue weighted by Crippen LogP contribution is 2.26. The Kier molecular flexibility index (Phi) is 2.10. The van der Waals surface area contributed by atoms with Crippen LogP contribution < -0.4 is 10.4 Å². The minimum Gasteiger partial charge on any atom is -0.264 e. The molecule has 17 heavy (non-hydrogen) atoms. The highest BCUT2D eigenvalue weighted by atomic mass is 28.3. The largest absolute Gasteiger partial charge is 0.264 e. The maximum atomic E-state index is 4.25. The summed E-state index contributed by atoms with van der Waals surface area (Å²) in [4.78, 5) is 4.25. The van der Waals surface area contributed by atoms with Crippen molar-refractivity contribution in [2.45, 2.75) is 13.1 Å². The summed E-state index contributed by atoms with van der Waals surface area (Å²) in [5, 5.41) is 2.94. The molecule has 0 N–H and O–H groups in total. The van der Waals surface area contributed by atoms with Gasteiger partial charge in [-0.15, -0.1) is 0 Å². The number of pyridine rings is 1. The first-order valence-corrected chi connectivity index (χ1v) is 8.86. The number of fused-ring (bicyclic) bond motifs is 2. The molecule has 1 aliphatic heterocycles. The Bertz CT molecular complexity index is 562. The minimum atomic E-state index is -1.57. The van der Waals surface area contributed by atoms with E-state index in [2.05, 4.69) is 55.0 Å². The predicted molar refractivity (Wildman–Crippen MR) is 75.6 cm³/mol. The van der Waals surface area contributed by atoms with Crippen molar-refractivity contribution in [3.8, 4) is 0 Å². The van der Waals surface area contributed by atoms with Gasteiger partial charge in [0.2, 0.25) is 0 Å². The lowest BCUT2D eigenvalue weighted by molar-refractivity contribution is 1.31. The van der Waals surface area contributed by atoms with E-state index in [1.54, 1.807) is 0 Å². The van der Waals surface area contributed by atoms with Crippen LogP contribution in [0.5, 0.6) is 0 Å². The lowest BCUT2D eigenvalue weighted by Gasteiger charge is -2.34. The molecule has 0 spiro atoms. The zero-order valence-corrected chi connectivity index (χ0v) is 11.2. The molecule has 1 nitrogen and oxygen atoms in total. The summed E-state index contributed by atoms with van der Waals surface area (Å²) >= 11 is 0. The zero-order valence-electron chi connectivity index (χ0n) is 10.2. The molecule has 0 saturated heterocycles. The van der Waals surface area contributed by atoms with Crippen LogP contribution in [0.3, 0.4) is 0 Å². The molecule has 2 aromatic rings. The highest BCUT2D eigenvalue weighted by Gasteiger charge is 2.35. The second kappa shape index (κ2) is 3.41. The van der Waals surface area contributed by atoms with Crippen LogP contribution in [0.2, 0.25) is 13.1 Å². The van der Waals surface area contributed by atoms with Crippen molar-refractivity contribution in [2.24, 2.45) is 0 Å². The van der Waals surface area contributed by atoms with Crippen molar-refractivity contribution in [1.82, 2.24) is 4.98 Å². The summed E-state index contributed by atoms with van der Waals surface area (Å²) in [5.74, 6) is 0. The van der Waals surface area contributed by atoms with Gasteiger partial charge >= 0.3 is 0 Å². The van der Waals surface area contributed by atoms with Crippen LogP contribution in [0.15, 0.2) is 49.3 Å². The fourth-order valence-electron chi connectivity index (χ4n) is 2.76. The third-order valence-corrected chi connectivity index (χ3v) is 7.31. The van der Waals surface area contributed by atoms with E-state index in [-0.39, 0.29) is 0 Å². The Morgan fingerprint density at radius 2 is 1.71 bits per heavy atom. The fourth-order valence-corrected chi connectivity index (χ4v) is 5.85. The molecule has 0 bridgehead atoms. The summed E-state index contributed by atoms with van der Waals surface area (Å²) < 4.78 is 0. The van der Waals surface area contributed by atoms with Gasteiger partial charge < -0.3 is 0 Å². The van der Waals surface area contributed by atoms with Crippen molar-refractivity contribution < 1.29 is 0 Å². The molecule has 2 heterocycles. The Morgan fingerprint density at radius 3 is 2.53 bits per heavy atom. The SMILES string of the molecule is C=C1c2ccccc2[Si](C)(C)c2ccncc21. The van der Waals surface area contributed by atoms with Crippen molar-refractivity contribution in [2.75, 3.05) is 0 Å². The Labute approximate surface area is 103 Å². The van der Waals surface area contributed by atoms with Gasteiger partial charge in [0, 0.05) is 12.4 Å². The fraction of sp³-hybridized carbons (Fsp3) is 0.133. The molecule has 0 radical (unpaired) electrons. The Hall–Kier alpha value is -1.67. The van der Waals surface area contributed by atoms with Crippen molar-refractivity contribution in [3.63, 3.8) is 0 Å². The van der Waals surface area contributed by atoms with Crippen LogP contribution in [0.4, 0.5) is 0 Å². The van der Waals surface area contributed by atoms with Gasteiger partial charge in [-0.1, -0.05) is 43.9 Å². The van der Waals surface area contributed by atoms with E-state index in [0.717, 1.165) is 5.57 Å². The average Bonchev–Trinajstić information content (AvgIpc) is 2.37. The number of rotatable bonds is 0. The number of nitrogens with zero attached hydrogens (tertiary/aromatic N) is 1. The molecule has 0 unspecified atom stereocenters. The minimum absolute atomic E-state index is 1.12. The van der Waals surface area contributed by atoms with Gasteiger partial charge in [0.05, 0.1) is 0 Å². The molecule has 3 rings (SSSR count). The van der Waals surface area contributed by atoms with E-state index in [9.17, 15) is 0 Å². The van der Waals surface area contributed by atoms with E-state index in [4.69, 9.17) is 0 Å². The van der Waals surface area contributed by atoms with E-state index in [1.807, 2.05) is 12.4 Å².